The van der Waals surface area contributed by atoms with Crippen LogP contribution in [-0.4, -0.2) is 11.9 Å². The maximum absolute atomic E-state index is 12.1. The van der Waals surface area contributed by atoms with Crippen LogP contribution in [0.1, 0.15) is 59.8 Å². The molecule has 0 aliphatic heterocycles. The van der Waals surface area contributed by atoms with Crippen LogP contribution in [0.25, 0.3) is 0 Å². The van der Waals surface area contributed by atoms with E-state index >= 15 is 0 Å². The molecule has 18 heavy (non-hydrogen) atoms. The molecule has 2 rings (SSSR count). The molecule has 0 radical (unpaired) electrons. The molecule has 2 aliphatic rings. The minimum absolute atomic E-state index is 0.0444. The lowest BCUT2D eigenvalue weighted by molar-refractivity contribution is -0.166. The summed E-state index contributed by atoms with van der Waals surface area (Å²) in [6.45, 7) is 8.22. The molecule has 0 amide bonds. The van der Waals surface area contributed by atoms with Gasteiger partial charge in [-0.2, -0.15) is 0 Å². The van der Waals surface area contributed by atoms with Crippen LogP contribution in [0.3, 0.4) is 0 Å². The van der Waals surface area contributed by atoms with Gasteiger partial charge in [0.25, 0.3) is 0 Å². The normalized spacial score (nSPS) is 34.3. The SMILES string of the molecule is CCC(=O)OC(=O)C(C)C12CCC(CC1)C2(C)C. The van der Waals surface area contributed by atoms with Gasteiger partial charge in [-0.05, 0) is 42.4 Å². The van der Waals surface area contributed by atoms with Gasteiger partial charge in [0, 0.05) is 6.42 Å². The number of esters is 2. The van der Waals surface area contributed by atoms with Crippen molar-refractivity contribution in [2.24, 2.45) is 22.7 Å². The van der Waals surface area contributed by atoms with Gasteiger partial charge in [-0.1, -0.05) is 27.7 Å². The van der Waals surface area contributed by atoms with Crippen LogP contribution in [0.2, 0.25) is 0 Å². The van der Waals surface area contributed by atoms with Crippen molar-refractivity contribution in [2.75, 3.05) is 0 Å². The molecule has 0 saturated heterocycles. The molecule has 0 aromatic rings. The summed E-state index contributed by atoms with van der Waals surface area (Å²) in [6.07, 6.45) is 4.89. The molecule has 2 aliphatic carbocycles. The van der Waals surface area contributed by atoms with Crippen molar-refractivity contribution in [1.82, 2.24) is 0 Å². The Labute approximate surface area is 109 Å². The average molecular weight is 252 g/mol. The Kier molecular flexibility index (Phi) is 3.28. The van der Waals surface area contributed by atoms with E-state index in [9.17, 15) is 9.59 Å². The minimum Gasteiger partial charge on any atom is -0.393 e. The van der Waals surface area contributed by atoms with Gasteiger partial charge in [-0.25, -0.2) is 0 Å². The molecule has 0 spiro atoms. The summed E-state index contributed by atoms with van der Waals surface area (Å²) in [5, 5.41) is 0. The summed E-state index contributed by atoms with van der Waals surface area (Å²) in [6, 6.07) is 0. The minimum atomic E-state index is -0.409. The lowest BCUT2D eigenvalue weighted by Crippen LogP contribution is -2.41. The molecule has 2 bridgehead atoms. The summed E-state index contributed by atoms with van der Waals surface area (Å²) in [5.41, 5.74) is 0.240. The largest absolute Gasteiger partial charge is 0.393 e. The van der Waals surface area contributed by atoms with Crippen molar-refractivity contribution >= 4 is 11.9 Å². The van der Waals surface area contributed by atoms with Gasteiger partial charge in [-0.3, -0.25) is 9.59 Å². The van der Waals surface area contributed by atoms with Crippen molar-refractivity contribution in [1.29, 1.82) is 0 Å². The Hall–Kier alpha value is -0.860. The molecular formula is C15H24O3. The lowest BCUT2D eigenvalue weighted by Gasteiger charge is -2.41. The zero-order valence-corrected chi connectivity index (χ0v) is 11.9. The van der Waals surface area contributed by atoms with Crippen LogP contribution in [-0.2, 0) is 14.3 Å². The van der Waals surface area contributed by atoms with E-state index in [0.717, 1.165) is 18.8 Å². The number of ether oxygens (including phenoxy) is 1. The van der Waals surface area contributed by atoms with Gasteiger partial charge in [0.15, 0.2) is 0 Å². The second kappa shape index (κ2) is 4.36. The molecule has 1 unspecified atom stereocenters. The first-order chi connectivity index (χ1) is 8.35. The fourth-order valence-electron chi connectivity index (χ4n) is 4.39. The van der Waals surface area contributed by atoms with Crippen molar-refractivity contribution in [2.45, 2.75) is 59.8 Å². The molecule has 3 heteroatoms. The number of fused-ring (bicyclic) bond motifs is 2. The van der Waals surface area contributed by atoms with Crippen LogP contribution in [0, 0.1) is 22.7 Å². The lowest BCUT2D eigenvalue weighted by atomic mass is 9.62. The maximum atomic E-state index is 12.1. The molecule has 2 saturated carbocycles. The summed E-state index contributed by atoms with van der Waals surface area (Å²) in [4.78, 5) is 23.4. The van der Waals surface area contributed by atoms with Gasteiger partial charge >= 0.3 is 11.9 Å². The molecule has 1 atom stereocenters. The molecule has 0 N–H and O–H groups in total. The third-order valence-corrected chi connectivity index (χ3v) is 5.87. The summed E-state index contributed by atoms with van der Waals surface area (Å²) in [5.74, 6) is -0.170. The topological polar surface area (TPSA) is 43.4 Å². The number of carbonyl (C=O) groups excluding carboxylic acids is 2. The first-order valence-electron chi connectivity index (χ1n) is 7.09. The highest BCUT2D eigenvalue weighted by atomic mass is 16.6. The van der Waals surface area contributed by atoms with Crippen LogP contribution in [0.15, 0.2) is 0 Å². The van der Waals surface area contributed by atoms with E-state index in [0.29, 0.717) is 0 Å². The van der Waals surface area contributed by atoms with E-state index in [2.05, 4.69) is 13.8 Å². The molecule has 2 fully saturated rings. The van der Waals surface area contributed by atoms with Crippen LogP contribution < -0.4 is 0 Å². The Balaban J connectivity index is 2.16. The summed E-state index contributed by atoms with van der Waals surface area (Å²) >= 11 is 0. The van der Waals surface area contributed by atoms with E-state index in [1.54, 1.807) is 6.92 Å². The first-order valence-corrected chi connectivity index (χ1v) is 7.09. The highest BCUT2D eigenvalue weighted by Gasteiger charge is 2.62. The molecular weight excluding hydrogens is 228 g/mol. The smallest absolute Gasteiger partial charge is 0.316 e. The zero-order valence-electron chi connectivity index (χ0n) is 11.9. The predicted molar refractivity (Wildman–Crippen MR) is 68.7 cm³/mol. The van der Waals surface area contributed by atoms with Gasteiger partial charge in [0.05, 0.1) is 5.92 Å². The van der Waals surface area contributed by atoms with E-state index in [1.165, 1.54) is 12.8 Å². The van der Waals surface area contributed by atoms with Crippen LogP contribution in [0.4, 0.5) is 0 Å². The standard InChI is InChI=1S/C15H24O3/c1-5-12(16)18-13(17)10(2)15-8-6-11(7-9-15)14(15,3)4/h10-11H,5-9H2,1-4H3. The number of carbonyl (C=O) groups is 2. The Morgan fingerprint density at radius 2 is 1.83 bits per heavy atom. The van der Waals surface area contributed by atoms with Crippen molar-refractivity contribution in [3.8, 4) is 0 Å². The molecule has 3 nitrogen and oxygen atoms in total. The van der Waals surface area contributed by atoms with Gasteiger partial charge < -0.3 is 4.74 Å². The average Bonchev–Trinajstić information content (AvgIpc) is 2.75. The third-order valence-electron chi connectivity index (χ3n) is 5.87. The van der Waals surface area contributed by atoms with E-state index < -0.39 is 5.97 Å². The number of rotatable bonds is 3. The highest BCUT2D eigenvalue weighted by Crippen LogP contribution is 2.68. The van der Waals surface area contributed by atoms with E-state index in [1.807, 2.05) is 6.92 Å². The molecule has 0 aromatic carbocycles. The van der Waals surface area contributed by atoms with Crippen molar-refractivity contribution < 1.29 is 14.3 Å². The fraction of sp³-hybridized carbons (Fsp3) is 0.867. The van der Waals surface area contributed by atoms with E-state index in [4.69, 9.17) is 4.74 Å². The van der Waals surface area contributed by atoms with Gasteiger partial charge in [0.2, 0.25) is 0 Å². The zero-order chi connectivity index (χ0) is 13.6. The summed E-state index contributed by atoms with van der Waals surface area (Å²) < 4.78 is 4.93. The summed E-state index contributed by atoms with van der Waals surface area (Å²) in [7, 11) is 0. The van der Waals surface area contributed by atoms with Crippen molar-refractivity contribution in [3.05, 3.63) is 0 Å². The molecule has 102 valence electrons. The van der Waals surface area contributed by atoms with Gasteiger partial charge in [-0.15, -0.1) is 0 Å². The fourth-order valence-corrected chi connectivity index (χ4v) is 4.39. The van der Waals surface area contributed by atoms with E-state index in [-0.39, 0.29) is 29.1 Å². The second-order valence-corrected chi connectivity index (χ2v) is 6.52. The maximum Gasteiger partial charge on any atom is 0.316 e. The Morgan fingerprint density at radius 1 is 1.28 bits per heavy atom. The highest BCUT2D eigenvalue weighted by molar-refractivity contribution is 5.87. The Morgan fingerprint density at radius 3 is 2.22 bits per heavy atom. The number of hydrogen-bond donors (Lipinski definition) is 0. The van der Waals surface area contributed by atoms with Crippen LogP contribution >= 0.6 is 0 Å². The molecule has 0 aromatic heterocycles. The second-order valence-electron chi connectivity index (χ2n) is 6.52. The molecule has 0 heterocycles. The quantitative estimate of drug-likeness (QED) is 0.571. The Bertz CT molecular complexity index is 362. The third kappa shape index (κ3) is 1.70. The monoisotopic (exact) mass is 252 g/mol. The number of hydrogen-bond acceptors (Lipinski definition) is 3. The van der Waals surface area contributed by atoms with Crippen LogP contribution in [0.5, 0.6) is 0 Å². The first kappa shape index (κ1) is 13.6. The van der Waals surface area contributed by atoms with Crippen molar-refractivity contribution in [3.63, 3.8) is 0 Å². The predicted octanol–water partition coefficient (Wildman–Crippen LogP) is 3.32. The van der Waals surface area contributed by atoms with Gasteiger partial charge in [0.1, 0.15) is 0 Å².